The van der Waals surface area contributed by atoms with Crippen LogP contribution >= 0.6 is 0 Å². The molecule has 0 saturated carbocycles. The molecule has 0 N–H and O–H groups in total. The standard InChI is InChI=1S/C19H33F3O5S/c1-5-6-7-8-9-10-11-12-13-14-16(15-17(23)26-18(2,3)4)27-28(24,25)19(20,21)22/h15H,5-14H2,1-4H3/b16-15-. The quantitative estimate of drug-likeness (QED) is 0.0895. The molecule has 0 fully saturated rings. The second-order valence-electron chi connectivity index (χ2n) is 7.71. The Labute approximate surface area is 166 Å². The normalized spacial score (nSPS) is 13.5. The molecule has 0 saturated heterocycles. The van der Waals surface area contributed by atoms with Gasteiger partial charge in [0, 0.05) is 6.42 Å². The minimum atomic E-state index is -5.82. The fraction of sp³-hybridized carbons (Fsp3) is 0.842. The second kappa shape index (κ2) is 12.3. The predicted molar refractivity (Wildman–Crippen MR) is 102 cm³/mol. The highest BCUT2D eigenvalue weighted by Crippen LogP contribution is 2.28. The van der Waals surface area contributed by atoms with Crippen LogP contribution in [0.25, 0.3) is 0 Å². The number of allylic oxidation sites excluding steroid dienone is 1. The molecule has 9 heteroatoms. The van der Waals surface area contributed by atoms with E-state index in [1.807, 2.05) is 0 Å². The maximum Gasteiger partial charge on any atom is 0.534 e. The fourth-order valence-electron chi connectivity index (χ4n) is 2.40. The third kappa shape index (κ3) is 13.0. The monoisotopic (exact) mass is 430 g/mol. The van der Waals surface area contributed by atoms with Gasteiger partial charge in [-0.05, 0) is 27.2 Å². The van der Waals surface area contributed by atoms with Crippen molar-refractivity contribution in [1.82, 2.24) is 0 Å². The molecule has 0 aromatic rings. The molecule has 28 heavy (non-hydrogen) atoms. The molecule has 0 aliphatic carbocycles. The number of carbonyl (C=O) groups excluding carboxylic acids is 1. The average molecular weight is 431 g/mol. The molecule has 0 aliphatic rings. The van der Waals surface area contributed by atoms with Gasteiger partial charge in [-0.1, -0.05) is 58.3 Å². The number of halogens is 3. The van der Waals surface area contributed by atoms with Crippen LogP contribution in [0.4, 0.5) is 13.2 Å². The fourth-order valence-corrected chi connectivity index (χ4v) is 2.91. The van der Waals surface area contributed by atoms with Gasteiger partial charge in [-0.25, -0.2) is 4.79 Å². The summed E-state index contributed by atoms with van der Waals surface area (Å²) in [5, 5.41) is 0. The van der Waals surface area contributed by atoms with Crippen LogP contribution in [0.3, 0.4) is 0 Å². The molecule has 5 nitrogen and oxygen atoms in total. The van der Waals surface area contributed by atoms with Crippen molar-refractivity contribution in [2.24, 2.45) is 0 Å². The van der Waals surface area contributed by atoms with Gasteiger partial charge in [0.2, 0.25) is 0 Å². The maximum absolute atomic E-state index is 12.6. The zero-order valence-electron chi connectivity index (χ0n) is 17.2. The number of esters is 1. The summed E-state index contributed by atoms with van der Waals surface area (Å²) in [7, 11) is -5.82. The minimum absolute atomic E-state index is 0.0929. The molecule has 0 bridgehead atoms. The van der Waals surface area contributed by atoms with Crippen LogP contribution in [-0.4, -0.2) is 25.5 Å². The number of hydrogen-bond donors (Lipinski definition) is 0. The number of alkyl halides is 3. The first-order chi connectivity index (χ1) is 12.8. The highest BCUT2D eigenvalue weighted by molar-refractivity contribution is 7.87. The molecule has 0 unspecified atom stereocenters. The largest absolute Gasteiger partial charge is 0.534 e. The Balaban J connectivity index is 4.69. The summed E-state index contributed by atoms with van der Waals surface area (Å²) in [4.78, 5) is 11.8. The molecule has 0 rings (SSSR count). The Morgan fingerprint density at radius 3 is 1.79 bits per heavy atom. The van der Waals surface area contributed by atoms with E-state index in [4.69, 9.17) is 4.74 Å². The van der Waals surface area contributed by atoms with E-state index in [-0.39, 0.29) is 6.42 Å². The smallest absolute Gasteiger partial charge is 0.457 e. The van der Waals surface area contributed by atoms with Gasteiger partial charge in [0.05, 0.1) is 6.08 Å². The van der Waals surface area contributed by atoms with E-state index in [1.54, 1.807) is 20.8 Å². The van der Waals surface area contributed by atoms with Gasteiger partial charge in [0.15, 0.2) is 0 Å². The molecule has 0 aliphatic heterocycles. The lowest BCUT2D eigenvalue weighted by molar-refractivity contribution is -0.148. The lowest BCUT2D eigenvalue weighted by Crippen LogP contribution is -2.26. The second-order valence-corrected chi connectivity index (χ2v) is 9.24. The first kappa shape index (κ1) is 26.8. The van der Waals surface area contributed by atoms with Crippen molar-refractivity contribution in [1.29, 1.82) is 0 Å². The van der Waals surface area contributed by atoms with E-state index in [1.165, 1.54) is 19.3 Å². The van der Waals surface area contributed by atoms with Crippen LogP contribution in [-0.2, 0) is 23.8 Å². The summed E-state index contributed by atoms with van der Waals surface area (Å²) in [6.45, 7) is 6.91. The van der Waals surface area contributed by atoms with Gasteiger partial charge in [0.25, 0.3) is 0 Å². The van der Waals surface area contributed by atoms with Crippen molar-refractivity contribution >= 4 is 16.1 Å². The summed E-state index contributed by atoms with van der Waals surface area (Å²) >= 11 is 0. The zero-order chi connectivity index (χ0) is 21.8. The zero-order valence-corrected chi connectivity index (χ0v) is 18.0. The van der Waals surface area contributed by atoms with Crippen molar-refractivity contribution in [2.45, 2.75) is 103 Å². The van der Waals surface area contributed by atoms with Crippen molar-refractivity contribution < 1.29 is 35.3 Å². The van der Waals surface area contributed by atoms with Crippen LogP contribution in [0.2, 0.25) is 0 Å². The Morgan fingerprint density at radius 2 is 1.36 bits per heavy atom. The average Bonchev–Trinajstić information content (AvgIpc) is 2.49. The van der Waals surface area contributed by atoms with Crippen LogP contribution in [0.15, 0.2) is 11.8 Å². The molecule has 0 radical (unpaired) electrons. The Bertz CT molecular complexity index is 590. The highest BCUT2D eigenvalue weighted by Gasteiger charge is 2.48. The minimum Gasteiger partial charge on any atom is -0.457 e. The number of rotatable bonds is 13. The van der Waals surface area contributed by atoms with Crippen molar-refractivity contribution in [3.8, 4) is 0 Å². The van der Waals surface area contributed by atoms with Crippen molar-refractivity contribution in [3.05, 3.63) is 11.8 Å². The molecule has 166 valence electrons. The number of carbonyl (C=O) groups is 1. The van der Waals surface area contributed by atoms with E-state index in [0.29, 0.717) is 18.9 Å². The Hall–Kier alpha value is -1.25. The van der Waals surface area contributed by atoms with Gasteiger partial charge < -0.3 is 8.92 Å². The van der Waals surface area contributed by atoms with Gasteiger partial charge in [-0.2, -0.15) is 21.6 Å². The van der Waals surface area contributed by atoms with E-state index in [9.17, 15) is 26.4 Å². The third-order valence-electron chi connectivity index (χ3n) is 3.71. The molecule has 0 atom stereocenters. The van der Waals surface area contributed by atoms with Gasteiger partial charge in [0.1, 0.15) is 11.4 Å². The Kier molecular flexibility index (Phi) is 11.8. The number of unbranched alkanes of at least 4 members (excludes halogenated alkanes) is 8. The molecule has 0 amide bonds. The predicted octanol–water partition coefficient (Wildman–Crippen LogP) is 6.00. The van der Waals surface area contributed by atoms with E-state index >= 15 is 0 Å². The van der Waals surface area contributed by atoms with E-state index in [2.05, 4.69) is 11.1 Å². The van der Waals surface area contributed by atoms with Gasteiger partial charge in [-0.3, -0.25) is 0 Å². The first-order valence-electron chi connectivity index (χ1n) is 9.73. The van der Waals surface area contributed by atoms with Gasteiger partial charge >= 0.3 is 21.6 Å². The summed E-state index contributed by atoms with van der Waals surface area (Å²) in [6, 6.07) is 0. The summed E-state index contributed by atoms with van der Waals surface area (Å²) < 4.78 is 69.3. The summed E-state index contributed by atoms with van der Waals surface area (Å²) in [5.41, 5.74) is -6.42. The molecular formula is C19H33F3O5S. The number of ether oxygens (including phenoxy) is 1. The van der Waals surface area contributed by atoms with Crippen molar-refractivity contribution in [3.63, 3.8) is 0 Å². The molecule has 0 heterocycles. The highest BCUT2D eigenvalue weighted by atomic mass is 32.2. The van der Waals surface area contributed by atoms with Crippen molar-refractivity contribution in [2.75, 3.05) is 0 Å². The molecular weight excluding hydrogens is 397 g/mol. The van der Waals surface area contributed by atoms with Crippen LogP contribution < -0.4 is 0 Å². The van der Waals surface area contributed by atoms with Crippen LogP contribution in [0.1, 0.15) is 91.9 Å². The topological polar surface area (TPSA) is 69.7 Å². The van der Waals surface area contributed by atoms with Gasteiger partial charge in [-0.15, -0.1) is 0 Å². The third-order valence-corrected chi connectivity index (χ3v) is 4.71. The first-order valence-corrected chi connectivity index (χ1v) is 11.1. The lowest BCUT2D eigenvalue weighted by atomic mass is 10.1. The molecule has 0 aromatic heterocycles. The van der Waals surface area contributed by atoms with E-state index in [0.717, 1.165) is 25.7 Å². The Morgan fingerprint density at radius 1 is 0.893 bits per heavy atom. The molecule has 0 aromatic carbocycles. The number of hydrogen-bond acceptors (Lipinski definition) is 5. The molecule has 0 spiro atoms. The summed E-state index contributed by atoms with van der Waals surface area (Å²) in [5.74, 6) is -1.51. The van der Waals surface area contributed by atoms with Crippen LogP contribution in [0.5, 0.6) is 0 Å². The lowest BCUT2D eigenvalue weighted by Gasteiger charge is -2.19. The SMILES string of the molecule is CCCCCCCCCCC/C(=C/C(=O)OC(C)(C)C)OS(=O)(=O)C(F)(F)F. The summed E-state index contributed by atoms with van der Waals surface area (Å²) in [6.07, 6.45) is 9.44. The van der Waals surface area contributed by atoms with Crippen LogP contribution in [0, 0.1) is 0 Å². The maximum atomic E-state index is 12.6. The van der Waals surface area contributed by atoms with E-state index < -0.39 is 33.0 Å².